The Hall–Kier alpha value is -3.84. The molecule has 7 aromatic carbocycles. The highest BCUT2D eigenvalue weighted by atomic mass is 16.5. The van der Waals surface area contributed by atoms with Crippen LogP contribution in [0.15, 0.2) is 54.6 Å². The van der Waals surface area contributed by atoms with Gasteiger partial charge in [0, 0.05) is 22.1 Å². The van der Waals surface area contributed by atoms with Gasteiger partial charge in [-0.1, -0.05) is 81.4 Å². The highest BCUT2D eigenvalue weighted by Gasteiger charge is 2.29. The van der Waals surface area contributed by atoms with E-state index >= 15 is 0 Å². The van der Waals surface area contributed by atoms with Crippen molar-refractivity contribution < 1.29 is 4.74 Å². The van der Waals surface area contributed by atoms with Gasteiger partial charge in [0.15, 0.2) is 0 Å². The van der Waals surface area contributed by atoms with Gasteiger partial charge in [0.2, 0.25) is 0 Å². The molecular weight excluding hydrogens is 436 g/mol. The molecule has 0 bridgehead atoms. The summed E-state index contributed by atoms with van der Waals surface area (Å²) >= 11 is 0. The summed E-state index contributed by atoms with van der Waals surface area (Å²) in [5.41, 5.74) is 5.37. The summed E-state index contributed by atoms with van der Waals surface area (Å²) in [4.78, 5) is 0. The van der Waals surface area contributed by atoms with Crippen molar-refractivity contribution in [2.24, 2.45) is 0 Å². The molecule has 1 heteroatoms. The average molecular weight is 467 g/mol. The monoisotopic (exact) mass is 466 g/mol. The Kier molecular flexibility index (Phi) is 4.23. The lowest BCUT2D eigenvalue weighted by Crippen LogP contribution is -2.10. The van der Waals surface area contributed by atoms with Crippen LogP contribution in [-0.2, 0) is 0 Å². The average Bonchev–Trinajstić information content (AvgIpc) is 2.90. The molecule has 0 fully saturated rings. The van der Waals surface area contributed by atoms with Gasteiger partial charge >= 0.3 is 0 Å². The van der Waals surface area contributed by atoms with Crippen LogP contribution in [0.25, 0.3) is 71.2 Å². The van der Waals surface area contributed by atoms with E-state index in [4.69, 9.17) is 4.74 Å². The fraction of sp³-hybridized carbons (Fsp3) is 0.200. The number of hydrogen-bond donors (Lipinski definition) is 0. The fourth-order valence-electron chi connectivity index (χ4n) is 7.25. The molecule has 0 aliphatic heterocycles. The van der Waals surface area contributed by atoms with Crippen molar-refractivity contribution >= 4 is 71.2 Å². The topological polar surface area (TPSA) is 9.23 Å². The van der Waals surface area contributed by atoms with Crippen molar-refractivity contribution in [3.63, 3.8) is 0 Å². The molecule has 176 valence electrons. The molecule has 36 heavy (non-hydrogen) atoms. The first-order valence-corrected chi connectivity index (χ1v) is 13.1. The number of hydrogen-bond acceptors (Lipinski definition) is 1. The normalized spacial score (nSPS) is 14.8. The first-order valence-electron chi connectivity index (χ1n) is 13.1. The van der Waals surface area contributed by atoms with Crippen molar-refractivity contribution in [1.29, 1.82) is 0 Å². The van der Waals surface area contributed by atoms with E-state index in [9.17, 15) is 0 Å². The summed E-state index contributed by atoms with van der Waals surface area (Å²) in [6, 6.07) is 20.8. The molecule has 1 nitrogen and oxygen atoms in total. The van der Waals surface area contributed by atoms with E-state index < -0.39 is 0 Å². The molecule has 8 rings (SSSR count). The second-order valence-corrected chi connectivity index (χ2v) is 10.2. The molecule has 1 unspecified atom stereocenters. The van der Waals surface area contributed by atoms with Gasteiger partial charge in [-0.25, -0.2) is 0 Å². The van der Waals surface area contributed by atoms with E-state index in [1.807, 2.05) is 13.8 Å². The number of rotatable bonds is 1. The zero-order chi connectivity index (χ0) is 25.0. The van der Waals surface area contributed by atoms with Crippen LogP contribution in [-0.4, -0.2) is 7.11 Å². The van der Waals surface area contributed by atoms with Gasteiger partial charge in [-0.05, 0) is 90.3 Å². The maximum absolute atomic E-state index is 6.03. The van der Waals surface area contributed by atoms with E-state index in [2.05, 4.69) is 81.9 Å². The van der Waals surface area contributed by atoms with Crippen LogP contribution in [0.3, 0.4) is 0 Å². The summed E-state index contributed by atoms with van der Waals surface area (Å²) in [6.45, 7) is 15.4. The zero-order valence-electron chi connectivity index (χ0n) is 21.9. The molecule has 0 N–H and O–H groups in total. The smallest absolute Gasteiger partial charge is 0.130 e. The molecule has 7 aromatic rings. The minimum Gasteiger partial charge on any atom is -0.496 e. The Morgan fingerprint density at radius 2 is 1.25 bits per heavy atom. The molecule has 0 amide bonds. The van der Waals surface area contributed by atoms with E-state index in [1.165, 1.54) is 75.9 Å². The fourth-order valence-corrected chi connectivity index (χ4v) is 7.25. The molecule has 0 saturated carbocycles. The quantitative estimate of drug-likeness (QED) is 0.173. The number of ether oxygens (including phenoxy) is 1. The molecule has 1 aliphatic rings. The van der Waals surface area contributed by atoms with Crippen molar-refractivity contribution in [1.82, 2.24) is 0 Å². The maximum atomic E-state index is 6.03. The Labute approximate surface area is 211 Å². The first kappa shape index (κ1) is 21.4. The second kappa shape index (κ2) is 7.11. The summed E-state index contributed by atoms with van der Waals surface area (Å²) in [5, 5.41) is 17.1. The summed E-state index contributed by atoms with van der Waals surface area (Å²) < 4.78 is 6.03. The minimum absolute atomic E-state index is 0.358. The highest BCUT2D eigenvalue weighted by molar-refractivity contribution is 6.46. The van der Waals surface area contributed by atoms with Gasteiger partial charge in [0.25, 0.3) is 0 Å². The summed E-state index contributed by atoms with van der Waals surface area (Å²) in [7, 11) is 1.79. The molecule has 0 saturated heterocycles. The van der Waals surface area contributed by atoms with Gasteiger partial charge in [-0.3, -0.25) is 0 Å². The van der Waals surface area contributed by atoms with Gasteiger partial charge < -0.3 is 4.74 Å². The second-order valence-electron chi connectivity index (χ2n) is 10.2. The van der Waals surface area contributed by atoms with Crippen LogP contribution >= 0.6 is 0 Å². The molecule has 0 heterocycles. The standard InChI is InChI=1S/C33H24O.C2H6/c1-15-12-23-17(3)19-8-6-10-21-22-11-7-9-20-18(4)26-30-25(14-16(2)33(26)34-5)24(13-15)29(23)31(27(19)21)32(30)28(20)22;1-2/h6-14,17H,4H2,1-3,5H3;1-2H3. The number of benzene rings is 7. The van der Waals surface area contributed by atoms with Crippen molar-refractivity contribution in [3.8, 4) is 5.75 Å². The largest absolute Gasteiger partial charge is 0.496 e. The van der Waals surface area contributed by atoms with Crippen LogP contribution in [0.4, 0.5) is 0 Å². The SMILES string of the molecule is C=c1c2cccc3c4cccc5c4c4c6c(cc(C)cc6c6cc(C)c(OC)c1c6c4c23)C5C.CC. The Balaban J connectivity index is 0.00000108. The van der Waals surface area contributed by atoms with E-state index in [0.29, 0.717) is 5.92 Å². The summed E-state index contributed by atoms with van der Waals surface area (Å²) in [5.74, 6) is 1.31. The number of fused-ring (bicyclic) bond motifs is 2. The van der Waals surface area contributed by atoms with Crippen LogP contribution in [0, 0.1) is 13.8 Å². The lowest BCUT2D eigenvalue weighted by atomic mass is 9.74. The first-order chi connectivity index (χ1) is 17.5. The van der Waals surface area contributed by atoms with Crippen LogP contribution in [0.1, 0.15) is 48.9 Å². The molecule has 1 atom stereocenters. The van der Waals surface area contributed by atoms with Crippen molar-refractivity contribution in [2.75, 3.05) is 7.11 Å². The van der Waals surface area contributed by atoms with Crippen molar-refractivity contribution in [3.05, 3.63) is 82.1 Å². The van der Waals surface area contributed by atoms with Gasteiger partial charge in [0.1, 0.15) is 5.75 Å². The van der Waals surface area contributed by atoms with E-state index in [0.717, 1.165) is 21.9 Å². The molecule has 0 radical (unpaired) electrons. The van der Waals surface area contributed by atoms with Gasteiger partial charge in [-0.15, -0.1) is 0 Å². The molecule has 0 aromatic heterocycles. The third-order valence-electron chi connectivity index (χ3n) is 8.53. The van der Waals surface area contributed by atoms with Crippen molar-refractivity contribution in [2.45, 2.75) is 40.5 Å². The number of aryl methyl sites for hydroxylation is 2. The predicted molar refractivity (Wildman–Crippen MR) is 158 cm³/mol. The Morgan fingerprint density at radius 1 is 0.639 bits per heavy atom. The highest BCUT2D eigenvalue weighted by Crippen LogP contribution is 2.54. The third kappa shape index (κ3) is 2.28. The Bertz CT molecular complexity index is 2090. The number of methoxy groups -OCH3 is 1. The van der Waals surface area contributed by atoms with E-state index in [1.54, 1.807) is 7.11 Å². The lowest BCUT2D eigenvalue weighted by molar-refractivity contribution is 0.417. The van der Waals surface area contributed by atoms with Gasteiger partial charge in [0.05, 0.1) is 7.11 Å². The Morgan fingerprint density at radius 3 is 2.00 bits per heavy atom. The predicted octanol–water partition coefficient (Wildman–Crippen LogP) is 9.29. The van der Waals surface area contributed by atoms with Gasteiger partial charge in [-0.2, -0.15) is 0 Å². The van der Waals surface area contributed by atoms with E-state index in [-0.39, 0.29) is 0 Å². The minimum atomic E-state index is 0.358. The zero-order valence-corrected chi connectivity index (χ0v) is 21.9. The van der Waals surface area contributed by atoms with Crippen LogP contribution < -0.4 is 9.96 Å². The maximum Gasteiger partial charge on any atom is 0.130 e. The molecule has 0 spiro atoms. The third-order valence-corrected chi connectivity index (χ3v) is 8.53. The lowest BCUT2D eigenvalue weighted by Gasteiger charge is -2.29. The van der Waals surface area contributed by atoms with Crippen LogP contribution in [0.5, 0.6) is 5.75 Å². The van der Waals surface area contributed by atoms with Crippen LogP contribution in [0.2, 0.25) is 0 Å². The summed E-state index contributed by atoms with van der Waals surface area (Å²) in [6.07, 6.45) is 0. The molecular formula is C35H30O. The molecule has 1 aliphatic carbocycles.